The number of rotatable bonds is 4. The molecule has 4 N–H and O–H groups in total. The van der Waals surface area contributed by atoms with E-state index in [1.165, 1.54) is 6.07 Å². The lowest BCUT2D eigenvalue weighted by Crippen LogP contribution is -2.02. The second-order valence-electron chi connectivity index (χ2n) is 3.96. The predicted molar refractivity (Wildman–Crippen MR) is 74.1 cm³/mol. The summed E-state index contributed by atoms with van der Waals surface area (Å²) in [7, 11) is 1.60. The first kappa shape index (κ1) is 12.8. The van der Waals surface area contributed by atoms with Crippen molar-refractivity contribution in [3.05, 3.63) is 48.0 Å². The highest BCUT2D eigenvalue weighted by molar-refractivity contribution is 5.94. The Balaban J connectivity index is 2.18. The number of carboxylic acids is 1. The van der Waals surface area contributed by atoms with E-state index < -0.39 is 5.97 Å². The maximum absolute atomic E-state index is 10.8. The Kier molecular flexibility index (Phi) is 3.56. The van der Waals surface area contributed by atoms with Gasteiger partial charge in [-0.2, -0.15) is 0 Å². The monoisotopic (exact) mass is 258 g/mol. The molecule has 2 aromatic rings. The first-order chi connectivity index (χ1) is 9.10. The first-order valence-electron chi connectivity index (χ1n) is 5.64. The van der Waals surface area contributed by atoms with E-state index in [0.717, 1.165) is 17.1 Å². The van der Waals surface area contributed by atoms with Crippen molar-refractivity contribution in [1.82, 2.24) is 0 Å². The molecule has 0 radical (unpaired) electrons. The Labute approximate surface area is 110 Å². The topological polar surface area (TPSA) is 84.6 Å². The molecule has 0 atom stereocenters. The Bertz CT molecular complexity index is 594. The predicted octanol–water partition coefficient (Wildman–Crippen LogP) is 2.72. The van der Waals surface area contributed by atoms with Crippen LogP contribution in [0.5, 0.6) is 5.75 Å². The molecule has 0 fully saturated rings. The molecule has 98 valence electrons. The Hall–Kier alpha value is -2.69. The molecule has 5 nitrogen and oxygen atoms in total. The summed E-state index contributed by atoms with van der Waals surface area (Å²) in [4.78, 5) is 10.8. The zero-order valence-electron chi connectivity index (χ0n) is 10.4. The van der Waals surface area contributed by atoms with Gasteiger partial charge in [0.2, 0.25) is 0 Å². The van der Waals surface area contributed by atoms with Gasteiger partial charge in [0.25, 0.3) is 0 Å². The third-order valence-electron chi connectivity index (χ3n) is 2.66. The zero-order chi connectivity index (χ0) is 13.8. The Morgan fingerprint density at radius 3 is 2.32 bits per heavy atom. The molecule has 19 heavy (non-hydrogen) atoms. The molecule has 0 bridgehead atoms. The van der Waals surface area contributed by atoms with Crippen molar-refractivity contribution in [2.24, 2.45) is 0 Å². The maximum Gasteiger partial charge on any atom is 0.337 e. The van der Waals surface area contributed by atoms with Crippen molar-refractivity contribution in [3.8, 4) is 5.75 Å². The molecule has 0 aliphatic rings. The third kappa shape index (κ3) is 2.95. The quantitative estimate of drug-likeness (QED) is 0.734. The number of nitrogens with two attached hydrogens (primary N) is 1. The van der Waals surface area contributed by atoms with E-state index in [1.54, 1.807) is 19.2 Å². The normalized spacial score (nSPS) is 9.95. The van der Waals surface area contributed by atoms with Crippen LogP contribution in [-0.2, 0) is 0 Å². The first-order valence-corrected chi connectivity index (χ1v) is 5.64. The average molecular weight is 258 g/mol. The number of aromatic carboxylic acids is 1. The fourth-order valence-electron chi connectivity index (χ4n) is 1.68. The second kappa shape index (κ2) is 5.30. The number of carbonyl (C=O) groups is 1. The van der Waals surface area contributed by atoms with Crippen LogP contribution in [0.4, 0.5) is 17.1 Å². The summed E-state index contributed by atoms with van der Waals surface area (Å²) in [5.41, 5.74) is 7.60. The van der Waals surface area contributed by atoms with E-state index in [4.69, 9.17) is 15.6 Å². The number of hydrogen-bond donors (Lipinski definition) is 3. The highest BCUT2D eigenvalue weighted by Crippen LogP contribution is 2.23. The van der Waals surface area contributed by atoms with Crippen molar-refractivity contribution < 1.29 is 14.6 Å². The maximum atomic E-state index is 10.8. The van der Waals surface area contributed by atoms with Gasteiger partial charge >= 0.3 is 5.97 Å². The van der Waals surface area contributed by atoms with Gasteiger partial charge < -0.3 is 20.9 Å². The summed E-state index contributed by atoms with van der Waals surface area (Å²) in [6.45, 7) is 0. The minimum atomic E-state index is -1.03. The summed E-state index contributed by atoms with van der Waals surface area (Å²) in [5, 5.41) is 12.0. The fraction of sp³-hybridized carbons (Fsp3) is 0.0714. The number of anilines is 3. The van der Waals surface area contributed by atoms with Crippen LogP contribution in [0.3, 0.4) is 0 Å². The highest BCUT2D eigenvalue weighted by Gasteiger charge is 2.07. The fourth-order valence-corrected chi connectivity index (χ4v) is 1.68. The SMILES string of the molecule is COc1ccc(Nc2ccc(C(=O)O)c(N)c2)cc1. The minimum Gasteiger partial charge on any atom is -0.497 e. The number of hydrogen-bond acceptors (Lipinski definition) is 4. The molecular formula is C14H14N2O3. The highest BCUT2D eigenvalue weighted by atomic mass is 16.5. The van der Waals surface area contributed by atoms with Gasteiger partial charge in [-0.15, -0.1) is 0 Å². The largest absolute Gasteiger partial charge is 0.497 e. The van der Waals surface area contributed by atoms with E-state index in [0.29, 0.717) is 0 Å². The van der Waals surface area contributed by atoms with E-state index >= 15 is 0 Å². The standard InChI is InChI=1S/C14H14N2O3/c1-19-11-5-2-9(3-6-11)16-10-4-7-12(14(17)18)13(15)8-10/h2-8,16H,15H2,1H3,(H,17,18). The summed E-state index contributed by atoms with van der Waals surface area (Å²) < 4.78 is 5.07. The van der Waals surface area contributed by atoms with Crippen LogP contribution in [-0.4, -0.2) is 18.2 Å². The van der Waals surface area contributed by atoms with Crippen LogP contribution in [0.25, 0.3) is 0 Å². The third-order valence-corrected chi connectivity index (χ3v) is 2.66. The number of benzene rings is 2. The van der Waals surface area contributed by atoms with Gasteiger partial charge in [0, 0.05) is 17.1 Å². The second-order valence-corrected chi connectivity index (χ2v) is 3.96. The molecule has 0 heterocycles. The van der Waals surface area contributed by atoms with Crippen molar-refractivity contribution in [1.29, 1.82) is 0 Å². The van der Waals surface area contributed by atoms with Crippen LogP contribution in [0.2, 0.25) is 0 Å². The van der Waals surface area contributed by atoms with Gasteiger partial charge in [-0.05, 0) is 42.5 Å². The average Bonchev–Trinajstić information content (AvgIpc) is 2.39. The molecule has 0 saturated heterocycles. The van der Waals surface area contributed by atoms with Gasteiger partial charge in [0.1, 0.15) is 5.75 Å². The van der Waals surface area contributed by atoms with Crippen molar-refractivity contribution >= 4 is 23.0 Å². The van der Waals surface area contributed by atoms with Gasteiger partial charge in [-0.1, -0.05) is 0 Å². The molecule has 0 aliphatic heterocycles. The van der Waals surface area contributed by atoms with E-state index in [1.807, 2.05) is 24.3 Å². The van der Waals surface area contributed by atoms with Gasteiger partial charge in [0.05, 0.1) is 12.7 Å². The molecule has 0 aliphatic carbocycles. The summed E-state index contributed by atoms with van der Waals surface area (Å²) in [5.74, 6) is -0.264. The van der Waals surface area contributed by atoms with E-state index in [-0.39, 0.29) is 11.3 Å². The van der Waals surface area contributed by atoms with Crippen LogP contribution in [0.1, 0.15) is 10.4 Å². The van der Waals surface area contributed by atoms with Crippen molar-refractivity contribution in [2.75, 3.05) is 18.2 Å². The Morgan fingerprint density at radius 2 is 1.79 bits per heavy atom. The number of nitrogen functional groups attached to an aromatic ring is 1. The molecule has 0 spiro atoms. The summed E-state index contributed by atoms with van der Waals surface area (Å²) in [6, 6.07) is 12.1. The molecule has 2 rings (SSSR count). The molecule has 0 saturated carbocycles. The van der Waals surface area contributed by atoms with Crippen LogP contribution in [0, 0.1) is 0 Å². The molecular weight excluding hydrogens is 244 g/mol. The lowest BCUT2D eigenvalue weighted by Gasteiger charge is -2.09. The molecule has 0 aromatic heterocycles. The van der Waals surface area contributed by atoms with Gasteiger partial charge in [-0.25, -0.2) is 4.79 Å². The molecule has 0 amide bonds. The lowest BCUT2D eigenvalue weighted by atomic mass is 10.1. The summed E-state index contributed by atoms with van der Waals surface area (Å²) in [6.07, 6.45) is 0. The van der Waals surface area contributed by atoms with E-state index in [2.05, 4.69) is 5.32 Å². The molecule has 5 heteroatoms. The minimum absolute atomic E-state index is 0.0975. The van der Waals surface area contributed by atoms with E-state index in [9.17, 15) is 4.79 Å². The zero-order valence-corrected chi connectivity index (χ0v) is 10.4. The molecule has 0 unspecified atom stereocenters. The van der Waals surface area contributed by atoms with Crippen molar-refractivity contribution in [3.63, 3.8) is 0 Å². The van der Waals surface area contributed by atoms with Crippen molar-refractivity contribution in [2.45, 2.75) is 0 Å². The number of nitrogens with one attached hydrogen (secondary N) is 1. The van der Waals surface area contributed by atoms with Crippen LogP contribution < -0.4 is 15.8 Å². The summed E-state index contributed by atoms with van der Waals surface area (Å²) >= 11 is 0. The van der Waals surface area contributed by atoms with Gasteiger partial charge in [0.15, 0.2) is 0 Å². The lowest BCUT2D eigenvalue weighted by molar-refractivity contribution is 0.0698. The smallest absolute Gasteiger partial charge is 0.337 e. The molecule has 2 aromatic carbocycles. The number of ether oxygens (including phenoxy) is 1. The number of methoxy groups -OCH3 is 1. The Morgan fingerprint density at radius 1 is 1.16 bits per heavy atom. The number of carboxylic acid groups (broad SMARTS) is 1. The van der Waals surface area contributed by atoms with Gasteiger partial charge in [-0.3, -0.25) is 0 Å². The van der Waals surface area contributed by atoms with Crippen LogP contribution in [0.15, 0.2) is 42.5 Å². The van der Waals surface area contributed by atoms with Crippen LogP contribution >= 0.6 is 0 Å².